The van der Waals surface area contributed by atoms with Crippen molar-refractivity contribution >= 4 is 34.2 Å². The summed E-state index contributed by atoms with van der Waals surface area (Å²) < 4.78 is 1.78. The number of benzene rings is 2. The van der Waals surface area contributed by atoms with Crippen molar-refractivity contribution in [2.45, 2.75) is 5.88 Å². The summed E-state index contributed by atoms with van der Waals surface area (Å²) in [6.45, 7) is 0. The molecular formula is C13H9Cl2N3. The second kappa shape index (κ2) is 4.59. The zero-order valence-electron chi connectivity index (χ0n) is 9.35. The van der Waals surface area contributed by atoms with Crippen molar-refractivity contribution in [2.24, 2.45) is 0 Å². The number of rotatable bonds is 2. The van der Waals surface area contributed by atoms with Gasteiger partial charge in [-0.1, -0.05) is 28.9 Å². The van der Waals surface area contributed by atoms with E-state index in [2.05, 4.69) is 10.3 Å². The number of aromatic nitrogens is 3. The molecule has 1 aromatic heterocycles. The Hall–Kier alpha value is -1.58. The summed E-state index contributed by atoms with van der Waals surface area (Å²) in [6.07, 6.45) is 0. The lowest BCUT2D eigenvalue weighted by atomic mass is 10.2. The first kappa shape index (κ1) is 11.5. The van der Waals surface area contributed by atoms with E-state index in [-0.39, 0.29) is 0 Å². The fourth-order valence-corrected chi connectivity index (χ4v) is 2.32. The fourth-order valence-electron chi connectivity index (χ4n) is 1.91. The maximum atomic E-state index is 5.97. The summed E-state index contributed by atoms with van der Waals surface area (Å²) in [5, 5.41) is 8.96. The zero-order valence-corrected chi connectivity index (χ0v) is 10.9. The van der Waals surface area contributed by atoms with Crippen molar-refractivity contribution in [2.75, 3.05) is 0 Å². The molecule has 90 valence electrons. The molecule has 18 heavy (non-hydrogen) atoms. The quantitative estimate of drug-likeness (QED) is 0.667. The van der Waals surface area contributed by atoms with Crippen LogP contribution < -0.4 is 0 Å². The molecule has 1 heterocycles. The number of hydrogen-bond donors (Lipinski definition) is 0. The van der Waals surface area contributed by atoms with E-state index in [0.717, 1.165) is 22.3 Å². The summed E-state index contributed by atoms with van der Waals surface area (Å²) in [5.41, 5.74) is 3.64. The Balaban J connectivity index is 2.26. The van der Waals surface area contributed by atoms with Crippen molar-refractivity contribution < 1.29 is 0 Å². The lowest BCUT2D eigenvalue weighted by Crippen LogP contribution is -2.00. The molecule has 0 aliphatic carbocycles. The lowest BCUT2D eigenvalue weighted by Gasteiger charge is -2.07. The number of nitrogens with zero attached hydrogens (tertiary/aromatic N) is 3. The predicted molar refractivity (Wildman–Crippen MR) is 73.4 cm³/mol. The van der Waals surface area contributed by atoms with Crippen LogP contribution in [0.2, 0.25) is 5.02 Å². The van der Waals surface area contributed by atoms with Gasteiger partial charge in [0.05, 0.1) is 11.2 Å². The number of alkyl halides is 1. The standard InChI is InChI=1S/C13H9Cl2N3/c14-8-9-7-10(15)5-6-12(9)18-13-4-2-1-3-11(13)16-17-18/h1-7H,8H2. The molecule has 0 unspecified atom stereocenters. The molecule has 0 radical (unpaired) electrons. The van der Waals surface area contributed by atoms with E-state index in [0.29, 0.717) is 10.9 Å². The van der Waals surface area contributed by atoms with Gasteiger partial charge in [0.25, 0.3) is 0 Å². The highest BCUT2D eigenvalue weighted by atomic mass is 35.5. The third kappa shape index (κ3) is 1.85. The third-order valence-corrected chi connectivity index (χ3v) is 3.29. The van der Waals surface area contributed by atoms with Crippen molar-refractivity contribution in [3.63, 3.8) is 0 Å². The van der Waals surface area contributed by atoms with E-state index >= 15 is 0 Å². The summed E-state index contributed by atoms with van der Waals surface area (Å²) in [7, 11) is 0. The predicted octanol–water partition coefficient (Wildman–Crippen LogP) is 3.81. The first-order valence-corrected chi connectivity index (χ1v) is 6.36. The summed E-state index contributed by atoms with van der Waals surface area (Å²) in [6, 6.07) is 13.4. The number of para-hydroxylation sites is 1. The Morgan fingerprint density at radius 2 is 1.94 bits per heavy atom. The summed E-state index contributed by atoms with van der Waals surface area (Å²) >= 11 is 11.9. The molecular weight excluding hydrogens is 269 g/mol. The molecule has 0 atom stereocenters. The second-order valence-corrected chi connectivity index (χ2v) is 4.60. The molecule has 2 aromatic carbocycles. The van der Waals surface area contributed by atoms with E-state index in [4.69, 9.17) is 23.2 Å². The number of hydrogen-bond acceptors (Lipinski definition) is 2. The van der Waals surface area contributed by atoms with Gasteiger partial charge in [0, 0.05) is 10.9 Å². The smallest absolute Gasteiger partial charge is 0.113 e. The van der Waals surface area contributed by atoms with Gasteiger partial charge >= 0.3 is 0 Å². The SMILES string of the molecule is ClCc1cc(Cl)ccc1-n1nnc2ccccc21. The average Bonchev–Trinajstić information content (AvgIpc) is 2.82. The normalized spacial score (nSPS) is 11.0. The third-order valence-electron chi connectivity index (χ3n) is 2.77. The minimum Gasteiger partial charge on any atom is -0.213 e. The van der Waals surface area contributed by atoms with E-state index in [1.807, 2.05) is 42.5 Å². The Morgan fingerprint density at radius 1 is 1.11 bits per heavy atom. The molecule has 0 aliphatic rings. The maximum Gasteiger partial charge on any atom is 0.113 e. The van der Waals surface area contributed by atoms with E-state index < -0.39 is 0 Å². The Kier molecular flexibility index (Phi) is 2.94. The van der Waals surface area contributed by atoms with Gasteiger partial charge in [-0.15, -0.1) is 16.7 Å². The van der Waals surface area contributed by atoms with E-state index in [1.165, 1.54) is 0 Å². The molecule has 0 aliphatic heterocycles. The van der Waals surface area contributed by atoms with Crippen LogP contribution in [0.3, 0.4) is 0 Å². The highest BCUT2D eigenvalue weighted by molar-refractivity contribution is 6.30. The number of halogens is 2. The molecule has 0 bridgehead atoms. The van der Waals surface area contributed by atoms with E-state index in [9.17, 15) is 0 Å². The fraction of sp³-hybridized carbons (Fsp3) is 0.0769. The molecule has 0 fully saturated rings. The van der Waals surface area contributed by atoms with Crippen molar-refractivity contribution in [3.05, 3.63) is 53.1 Å². The number of fused-ring (bicyclic) bond motifs is 1. The minimum atomic E-state index is 0.379. The van der Waals surface area contributed by atoms with Crippen molar-refractivity contribution in [3.8, 4) is 5.69 Å². The van der Waals surface area contributed by atoms with Crippen LogP contribution >= 0.6 is 23.2 Å². The summed E-state index contributed by atoms with van der Waals surface area (Å²) in [5.74, 6) is 0.379. The van der Waals surface area contributed by atoms with Crippen LogP contribution in [0.4, 0.5) is 0 Å². The highest BCUT2D eigenvalue weighted by Gasteiger charge is 2.10. The molecule has 5 heteroatoms. The van der Waals surface area contributed by atoms with Gasteiger partial charge < -0.3 is 0 Å². The van der Waals surface area contributed by atoms with Gasteiger partial charge in [-0.2, -0.15) is 0 Å². The molecule has 3 nitrogen and oxygen atoms in total. The molecule has 3 aromatic rings. The van der Waals surface area contributed by atoms with Crippen molar-refractivity contribution in [1.82, 2.24) is 15.0 Å². The topological polar surface area (TPSA) is 30.7 Å². The second-order valence-electron chi connectivity index (χ2n) is 3.90. The molecule has 0 spiro atoms. The molecule has 0 saturated heterocycles. The van der Waals surface area contributed by atoms with Crippen LogP contribution in [0.25, 0.3) is 16.7 Å². The van der Waals surface area contributed by atoms with Gasteiger partial charge in [0.1, 0.15) is 5.52 Å². The van der Waals surface area contributed by atoms with E-state index in [1.54, 1.807) is 4.68 Å². The van der Waals surface area contributed by atoms with Crippen LogP contribution in [-0.2, 0) is 5.88 Å². The molecule has 0 saturated carbocycles. The zero-order chi connectivity index (χ0) is 12.5. The van der Waals surface area contributed by atoms with Crippen molar-refractivity contribution in [1.29, 1.82) is 0 Å². The average molecular weight is 278 g/mol. The lowest BCUT2D eigenvalue weighted by molar-refractivity contribution is 0.818. The van der Waals surface area contributed by atoms with Crippen LogP contribution in [0.1, 0.15) is 5.56 Å². The van der Waals surface area contributed by atoms with Crippen LogP contribution in [0.15, 0.2) is 42.5 Å². The Morgan fingerprint density at radius 3 is 2.78 bits per heavy atom. The van der Waals surface area contributed by atoms with Crippen LogP contribution in [0, 0.1) is 0 Å². The monoisotopic (exact) mass is 277 g/mol. The molecule has 0 N–H and O–H groups in total. The largest absolute Gasteiger partial charge is 0.213 e. The Bertz CT molecular complexity index is 706. The first-order valence-electron chi connectivity index (χ1n) is 5.45. The van der Waals surface area contributed by atoms with Gasteiger partial charge in [-0.05, 0) is 35.9 Å². The maximum absolute atomic E-state index is 5.97. The van der Waals surface area contributed by atoms with Gasteiger partial charge in [0.15, 0.2) is 0 Å². The highest BCUT2D eigenvalue weighted by Crippen LogP contribution is 2.23. The van der Waals surface area contributed by atoms with Gasteiger partial charge in [0.2, 0.25) is 0 Å². The van der Waals surface area contributed by atoms with Crippen LogP contribution in [-0.4, -0.2) is 15.0 Å². The first-order chi connectivity index (χ1) is 8.79. The van der Waals surface area contributed by atoms with Gasteiger partial charge in [-0.25, -0.2) is 4.68 Å². The molecule has 3 rings (SSSR count). The van der Waals surface area contributed by atoms with Gasteiger partial charge in [-0.3, -0.25) is 0 Å². The van der Waals surface area contributed by atoms with Crippen LogP contribution in [0.5, 0.6) is 0 Å². The Labute approximate surface area is 114 Å². The minimum absolute atomic E-state index is 0.379. The molecule has 0 amide bonds. The summed E-state index contributed by atoms with van der Waals surface area (Å²) in [4.78, 5) is 0.